The molecule has 4 rings (SSSR count). The molecular weight excluding hydrogens is 436 g/mol. The van der Waals surface area contributed by atoms with E-state index in [1.807, 2.05) is 6.07 Å². The van der Waals surface area contributed by atoms with E-state index >= 15 is 0 Å². The Morgan fingerprint density at radius 2 is 1.74 bits per heavy atom. The highest BCUT2D eigenvalue weighted by atomic mass is 16.6. The Balaban J connectivity index is 1.97. The number of carbonyl (C=O) groups excluding carboxylic acids is 1. The number of amides is 1. The standard InChI is InChI=1S/C25H20N4O5/c1-16-23(30)22(20-13-6-7-14-21(20)34-2)24(28(27-16)18-10-4-3-5-11-18)26-25(31)17-9-8-12-19(15-17)29(32)33/h3-15H,1-2H3,(H,26,31). The zero-order chi connectivity index (χ0) is 24.2. The van der Waals surface area contributed by atoms with E-state index in [1.165, 1.54) is 36.1 Å². The van der Waals surface area contributed by atoms with Crippen molar-refractivity contribution in [2.75, 3.05) is 12.4 Å². The number of benzene rings is 3. The van der Waals surface area contributed by atoms with E-state index in [0.29, 0.717) is 17.0 Å². The number of rotatable bonds is 6. The first-order valence-electron chi connectivity index (χ1n) is 10.3. The maximum Gasteiger partial charge on any atom is 0.270 e. The average Bonchev–Trinajstić information content (AvgIpc) is 2.87. The van der Waals surface area contributed by atoms with Gasteiger partial charge in [-0.05, 0) is 31.2 Å². The van der Waals surface area contributed by atoms with Gasteiger partial charge in [0.2, 0.25) is 5.43 Å². The van der Waals surface area contributed by atoms with E-state index < -0.39 is 10.8 Å². The van der Waals surface area contributed by atoms with Crippen molar-refractivity contribution in [3.8, 4) is 22.6 Å². The molecule has 0 aliphatic heterocycles. The highest BCUT2D eigenvalue weighted by Gasteiger charge is 2.23. The number of anilines is 1. The number of nitro benzene ring substituents is 1. The normalized spacial score (nSPS) is 10.5. The number of aromatic nitrogens is 2. The number of methoxy groups -OCH3 is 1. The number of nitrogens with one attached hydrogen (secondary N) is 1. The van der Waals surface area contributed by atoms with Gasteiger partial charge in [0.25, 0.3) is 11.6 Å². The summed E-state index contributed by atoms with van der Waals surface area (Å²) in [6.07, 6.45) is 0. The van der Waals surface area contributed by atoms with Gasteiger partial charge in [-0.3, -0.25) is 19.7 Å². The Kier molecular flexibility index (Phi) is 6.18. The fourth-order valence-electron chi connectivity index (χ4n) is 3.55. The highest BCUT2D eigenvalue weighted by Crippen LogP contribution is 2.34. The molecule has 170 valence electrons. The summed E-state index contributed by atoms with van der Waals surface area (Å²) in [5.41, 5.74) is 0.945. The molecule has 0 fully saturated rings. The SMILES string of the molecule is COc1ccccc1-c1c(NC(=O)c2cccc([N+](=O)[O-])c2)n(-c2ccccc2)nc(C)c1=O. The summed E-state index contributed by atoms with van der Waals surface area (Å²) in [6.45, 7) is 1.59. The molecule has 4 aromatic rings. The summed E-state index contributed by atoms with van der Waals surface area (Å²) in [4.78, 5) is 37.1. The summed E-state index contributed by atoms with van der Waals surface area (Å²) in [6, 6.07) is 21.3. The monoisotopic (exact) mass is 456 g/mol. The number of ether oxygens (including phenoxy) is 1. The fourth-order valence-corrected chi connectivity index (χ4v) is 3.55. The molecular formula is C25H20N4O5. The lowest BCUT2D eigenvalue weighted by atomic mass is 10.0. The predicted octanol–water partition coefficient (Wildman–Crippen LogP) is 4.38. The van der Waals surface area contributed by atoms with Gasteiger partial charge in [-0.1, -0.05) is 42.5 Å². The van der Waals surface area contributed by atoms with Crippen LogP contribution in [-0.4, -0.2) is 27.7 Å². The van der Waals surface area contributed by atoms with Gasteiger partial charge in [-0.25, -0.2) is 4.68 Å². The second-order valence-corrected chi connectivity index (χ2v) is 7.35. The van der Waals surface area contributed by atoms with Crippen molar-refractivity contribution in [3.63, 3.8) is 0 Å². The second kappa shape index (κ2) is 9.37. The van der Waals surface area contributed by atoms with Crippen LogP contribution in [0.3, 0.4) is 0 Å². The van der Waals surface area contributed by atoms with Gasteiger partial charge in [0.15, 0.2) is 0 Å². The molecule has 9 nitrogen and oxygen atoms in total. The van der Waals surface area contributed by atoms with Crippen molar-refractivity contribution < 1.29 is 14.5 Å². The van der Waals surface area contributed by atoms with Crippen LogP contribution in [0.2, 0.25) is 0 Å². The molecule has 0 unspecified atom stereocenters. The first-order chi connectivity index (χ1) is 16.4. The molecule has 0 spiro atoms. The number of nitro groups is 1. The number of hydrogen-bond acceptors (Lipinski definition) is 6. The van der Waals surface area contributed by atoms with E-state index in [9.17, 15) is 19.7 Å². The third kappa shape index (κ3) is 4.26. The highest BCUT2D eigenvalue weighted by molar-refractivity contribution is 6.06. The Labute approximate surface area is 194 Å². The minimum atomic E-state index is -0.630. The molecule has 0 radical (unpaired) electrons. The maximum atomic E-state index is 13.3. The van der Waals surface area contributed by atoms with Crippen molar-refractivity contribution in [2.24, 2.45) is 0 Å². The number of para-hydroxylation sites is 2. The summed E-state index contributed by atoms with van der Waals surface area (Å²) in [7, 11) is 1.49. The maximum absolute atomic E-state index is 13.3. The molecule has 1 amide bonds. The minimum absolute atomic E-state index is 0.0628. The fraction of sp³-hybridized carbons (Fsp3) is 0.0800. The summed E-state index contributed by atoms with van der Waals surface area (Å²) in [5.74, 6) is -0.0759. The van der Waals surface area contributed by atoms with E-state index in [4.69, 9.17) is 4.74 Å². The van der Waals surface area contributed by atoms with Crippen molar-refractivity contribution in [1.29, 1.82) is 0 Å². The molecule has 0 atom stereocenters. The van der Waals surface area contributed by atoms with Crippen LogP contribution in [0.1, 0.15) is 16.1 Å². The van der Waals surface area contributed by atoms with Crippen LogP contribution in [0.4, 0.5) is 11.5 Å². The quantitative estimate of drug-likeness (QED) is 0.340. The smallest absolute Gasteiger partial charge is 0.270 e. The zero-order valence-electron chi connectivity index (χ0n) is 18.4. The number of hydrogen-bond donors (Lipinski definition) is 1. The molecule has 0 saturated heterocycles. The molecule has 1 aromatic heterocycles. The van der Waals surface area contributed by atoms with Crippen molar-refractivity contribution >= 4 is 17.4 Å². The number of aryl methyl sites for hydroxylation is 1. The van der Waals surface area contributed by atoms with Crippen molar-refractivity contribution in [1.82, 2.24) is 9.78 Å². The van der Waals surface area contributed by atoms with Gasteiger partial charge in [-0.15, -0.1) is 0 Å². The first kappa shape index (κ1) is 22.4. The largest absolute Gasteiger partial charge is 0.496 e. The van der Waals surface area contributed by atoms with Crippen LogP contribution < -0.4 is 15.5 Å². The van der Waals surface area contributed by atoms with Crippen LogP contribution in [0.15, 0.2) is 83.7 Å². The molecule has 3 aromatic carbocycles. The lowest BCUT2D eigenvalue weighted by Crippen LogP contribution is -2.25. The van der Waals surface area contributed by atoms with E-state index in [2.05, 4.69) is 10.4 Å². The van der Waals surface area contributed by atoms with Gasteiger partial charge in [-0.2, -0.15) is 5.10 Å². The van der Waals surface area contributed by atoms with Crippen LogP contribution in [0, 0.1) is 17.0 Å². The second-order valence-electron chi connectivity index (χ2n) is 7.35. The topological polar surface area (TPSA) is 116 Å². The third-order valence-corrected chi connectivity index (χ3v) is 5.18. The average molecular weight is 456 g/mol. The molecule has 1 N–H and O–H groups in total. The van der Waals surface area contributed by atoms with Crippen LogP contribution in [0.25, 0.3) is 16.8 Å². The summed E-state index contributed by atoms with van der Waals surface area (Å²) in [5, 5.41) is 18.3. The van der Waals surface area contributed by atoms with Crippen molar-refractivity contribution in [3.05, 3.63) is 110 Å². The molecule has 0 aliphatic rings. The Bertz CT molecular complexity index is 1450. The summed E-state index contributed by atoms with van der Waals surface area (Å²) < 4.78 is 6.94. The zero-order valence-corrected chi connectivity index (χ0v) is 18.4. The van der Waals surface area contributed by atoms with Crippen molar-refractivity contribution in [2.45, 2.75) is 6.92 Å². The van der Waals surface area contributed by atoms with Crippen LogP contribution >= 0.6 is 0 Å². The minimum Gasteiger partial charge on any atom is -0.496 e. The number of carbonyl (C=O) groups is 1. The molecule has 0 saturated carbocycles. The number of nitrogens with zero attached hydrogens (tertiary/aromatic N) is 3. The molecule has 0 bridgehead atoms. The van der Waals surface area contributed by atoms with Gasteiger partial charge < -0.3 is 10.1 Å². The molecule has 0 aliphatic carbocycles. The predicted molar refractivity (Wildman–Crippen MR) is 128 cm³/mol. The van der Waals surface area contributed by atoms with E-state index in [1.54, 1.807) is 55.5 Å². The van der Waals surface area contributed by atoms with Gasteiger partial charge in [0.1, 0.15) is 17.3 Å². The summed E-state index contributed by atoms with van der Waals surface area (Å²) >= 11 is 0. The lowest BCUT2D eigenvalue weighted by Gasteiger charge is -2.19. The van der Waals surface area contributed by atoms with Gasteiger partial charge >= 0.3 is 0 Å². The van der Waals surface area contributed by atoms with E-state index in [0.717, 1.165) is 0 Å². The molecule has 1 heterocycles. The number of non-ortho nitro benzene ring substituents is 1. The third-order valence-electron chi connectivity index (χ3n) is 5.18. The Morgan fingerprint density at radius 1 is 1.03 bits per heavy atom. The lowest BCUT2D eigenvalue weighted by molar-refractivity contribution is -0.384. The van der Waals surface area contributed by atoms with Crippen LogP contribution in [-0.2, 0) is 0 Å². The first-order valence-corrected chi connectivity index (χ1v) is 10.3. The Morgan fingerprint density at radius 3 is 2.44 bits per heavy atom. The van der Waals surface area contributed by atoms with Crippen LogP contribution in [0.5, 0.6) is 5.75 Å². The molecule has 9 heteroatoms. The van der Waals surface area contributed by atoms with E-state index in [-0.39, 0.29) is 33.8 Å². The van der Waals surface area contributed by atoms with Gasteiger partial charge in [0, 0.05) is 23.3 Å². The molecule has 34 heavy (non-hydrogen) atoms. The van der Waals surface area contributed by atoms with Gasteiger partial charge in [0.05, 0.1) is 23.3 Å². The Hall–Kier alpha value is -4.79.